The summed E-state index contributed by atoms with van der Waals surface area (Å²) in [7, 11) is -4.44. The third-order valence-corrected chi connectivity index (χ3v) is 6.43. The molecule has 0 aliphatic carbocycles. The molecular formula is C17H20N6O7S2. The number of nitro benzene ring substituents is 1. The van der Waals surface area contributed by atoms with E-state index in [1.54, 1.807) is 5.48 Å². The summed E-state index contributed by atoms with van der Waals surface area (Å²) < 4.78 is 27.5. The first-order valence-corrected chi connectivity index (χ1v) is 11.3. The molecule has 15 heteroatoms. The molecule has 32 heavy (non-hydrogen) atoms. The molecule has 2 rings (SSSR count). The zero-order chi connectivity index (χ0) is 23.9. The summed E-state index contributed by atoms with van der Waals surface area (Å²) in [4.78, 5) is 38.4. The summed E-state index contributed by atoms with van der Waals surface area (Å²) >= 11 is 0.797. The summed E-state index contributed by atoms with van der Waals surface area (Å²) in [5.74, 6) is -2.20. The standard InChI is InChI=1S/C17H20N6O7S2/c18-17(19)20-8-3-4-10(21-26)14(24)15(25)16-11(7-9-31-16)22-32(29,30)13-6-2-1-5-12(13)23(27)28/h1-2,5-7,9-10,21-22,26H,3-4,8H2,(H4,18,19,20)/t10-/m0/s1. The molecule has 0 radical (unpaired) electrons. The van der Waals surface area contributed by atoms with Crippen molar-refractivity contribution in [3.63, 3.8) is 0 Å². The van der Waals surface area contributed by atoms with E-state index in [-0.39, 0.29) is 35.9 Å². The van der Waals surface area contributed by atoms with Gasteiger partial charge in [-0.15, -0.1) is 11.3 Å². The minimum atomic E-state index is -4.44. The Labute approximate surface area is 186 Å². The number of nitrogens with one attached hydrogen (secondary N) is 2. The van der Waals surface area contributed by atoms with Gasteiger partial charge in [0.2, 0.25) is 11.6 Å². The van der Waals surface area contributed by atoms with Gasteiger partial charge in [0.1, 0.15) is 4.88 Å². The number of carbonyl (C=O) groups excluding carboxylic acids is 2. The van der Waals surface area contributed by atoms with Crippen LogP contribution in [0.5, 0.6) is 0 Å². The molecule has 0 bridgehead atoms. The largest absolute Gasteiger partial charge is 0.370 e. The normalized spacial score (nSPS) is 12.0. The fourth-order valence-electron chi connectivity index (χ4n) is 2.63. The van der Waals surface area contributed by atoms with Crippen LogP contribution in [0.3, 0.4) is 0 Å². The number of thiophene rings is 1. The van der Waals surface area contributed by atoms with Gasteiger partial charge in [-0.25, -0.2) is 8.42 Å². The van der Waals surface area contributed by atoms with Crippen molar-refractivity contribution >= 4 is 50.3 Å². The molecule has 172 valence electrons. The van der Waals surface area contributed by atoms with E-state index in [2.05, 4.69) is 9.71 Å². The number of nitrogens with zero attached hydrogens (tertiary/aromatic N) is 2. The van der Waals surface area contributed by atoms with Gasteiger partial charge in [0.05, 0.1) is 16.7 Å². The topological polar surface area (TPSA) is 220 Å². The Kier molecular flexibility index (Phi) is 8.36. The van der Waals surface area contributed by atoms with Crippen molar-refractivity contribution in [1.82, 2.24) is 5.48 Å². The van der Waals surface area contributed by atoms with E-state index in [9.17, 15) is 33.3 Å². The predicted molar refractivity (Wildman–Crippen MR) is 116 cm³/mol. The number of hydroxylamine groups is 1. The molecule has 0 saturated heterocycles. The molecule has 1 aromatic carbocycles. The number of nitro groups is 1. The first-order valence-electron chi connectivity index (χ1n) is 8.95. The van der Waals surface area contributed by atoms with Gasteiger partial charge < -0.3 is 16.7 Å². The molecule has 0 saturated carbocycles. The van der Waals surface area contributed by atoms with Gasteiger partial charge in [0, 0.05) is 12.6 Å². The number of rotatable bonds is 12. The second-order valence-electron chi connectivity index (χ2n) is 6.32. The molecule has 7 N–H and O–H groups in total. The number of carbonyl (C=O) groups is 2. The van der Waals surface area contributed by atoms with Crippen molar-refractivity contribution in [3.05, 3.63) is 50.7 Å². The molecule has 0 aliphatic rings. The van der Waals surface area contributed by atoms with Gasteiger partial charge in [0.15, 0.2) is 10.9 Å². The van der Waals surface area contributed by atoms with Crippen LogP contribution in [0.4, 0.5) is 11.4 Å². The van der Waals surface area contributed by atoms with Crippen molar-refractivity contribution in [1.29, 1.82) is 0 Å². The number of sulfonamides is 1. The zero-order valence-corrected chi connectivity index (χ0v) is 18.1. The molecule has 1 aromatic heterocycles. The van der Waals surface area contributed by atoms with E-state index in [0.29, 0.717) is 0 Å². The monoisotopic (exact) mass is 484 g/mol. The first-order chi connectivity index (χ1) is 15.1. The summed E-state index contributed by atoms with van der Waals surface area (Å²) in [6.07, 6.45) is 0.303. The SMILES string of the molecule is NC(N)=NCCC[C@H](NO)C(=O)C(=O)c1sccc1NS(=O)(=O)c1ccccc1[N+](=O)[O-]. The fraction of sp³-hybridized carbons (Fsp3) is 0.235. The highest BCUT2D eigenvalue weighted by Gasteiger charge is 2.31. The molecule has 2 aromatic rings. The smallest absolute Gasteiger partial charge is 0.289 e. The van der Waals surface area contributed by atoms with Gasteiger partial charge in [0.25, 0.3) is 15.7 Å². The lowest BCUT2D eigenvalue weighted by Gasteiger charge is -2.13. The number of Topliss-reactive ketones (excluding diaryl/α,β-unsaturated/α-hetero) is 2. The summed E-state index contributed by atoms with van der Waals surface area (Å²) in [5.41, 5.74) is 11.3. The van der Waals surface area contributed by atoms with Gasteiger partial charge in [-0.05, 0) is 30.4 Å². The highest BCUT2D eigenvalue weighted by atomic mass is 32.2. The van der Waals surface area contributed by atoms with Crippen molar-refractivity contribution in [2.24, 2.45) is 16.5 Å². The third-order valence-electron chi connectivity index (χ3n) is 4.11. The van der Waals surface area contributed by atoms with Crippen LogP contribution in [0.1, 0.15) is 22.5 Å². The molecule has 1 heterocycles. The van der Waals surface area contributed by atoms with E-state index in [4.69, 9.17) is 11.5 Å². The lowest BCUT2D eigenvalue weighted by atomic mass is 10.0. The van der Waals surface area contributed by atoms with Crippen LogP contribution >= 0.6 is 11.3 Å². The van der Waals surface area contributed by atoms with E-state index in [1.165, 1.54) is 23.6 Å². The number of guanidine groups is 1. The summed E-state index contributed by atoms with van der Waals surface area (Å²) in [6.45, 7) is 0.169. The Morgan fingerprint density at radius 1 is 1.25 bits per heavy atom. The maximum atomic E-state index is 12.7. The number of hydrogen-bond donors (Lipinski definition) is 5. The van der Waals surface area contributed by atoms with Crippen molar-refractivity contribution in [2.45, 2.75) is 23.8 Å². The first kappa shape index (κ1) is 24.9. The second kappa shape index (κ2) is 10.8. The van der Waals surface area contributed by atoms with Gasteiger partial charge >= 0.3 is 0 Å². The van der Waals surface area contributed by atoms with E-state index >= 15 is 0 Å². The number of nitrogens with two attached hydrogens (primary N) is 2. The molecular weight excluding hydrogens is 464 g/mol. The van der Waals surface area contributed by atoms with Gasteiger partial charge in [-0.3, -0.25) is 29.4 Å². The fourth-order valence-corrected chi connectivity index (χ4v) is 4.73. The van der Waals surface area contributed by atoms with Crippen LogP contribution in [0.25, 0.3) is 0 Å². The number of ketones is 2. The molecule has 1 atom stereocenters. The number of hydrogen-bond acceptors (Lipinski definition) is 10. The average Bonchev–Trinajstić information content (AvgIpc) is 3.20. The maximum absolute atomic E-state index is 12.7. The van der Waals surface area contributed by atoms with Crippen LogP contribution in [-0.4, -0.2) is 48.7 Å². The Balaban J connectivity index is 2.22. The van der Waals surface area contributed by atoms with Gasteiger partial charge in [-0.2, -0.15) is 5.48 Å². The molecule has 0 unspecified atom stereocenters. The van der Waals surface area contributed by atoms with Crippen LogP contribution in [0, 0.1) is 10.1 Å². The minimum absolute atomic E-state index is 0.0283. The number of para-hydroxylation sites is 1. The van der Waals surface area contributed by atoms with E-state index in [0.717, 1.165) is 23.5 Å². The average molecular weight is 485 g/mol. The third kappa shape index (κ3) is 6.07. The molecule has 13 nitrogen and oxygen atoms in total. The second-order valence-corrected chi connectivity index (χ2v) is 8.88. The van der Waals surface area contributed by atoms with Crippen molar-refractivity contribution in [2.75, 3.05) is 11.3 Å². The Bertz CT molecular complexity index is 1140. The maximum Gasteiger partial charge on any atom is 0.289 e. The Morgan fingerprint density at radius 3 is 2.56 bits per heavy atom. The summed E-state index contributed by atoms with van der Waals surface area (Å²) in [6, 6.07) is 4.67. The highest BCUT2D eigenvalue weighted by molar-refractivity contribution is 7.92. The lowest BCUT2D eigenvalue weighted by Crippen LogP contribution is -2.39. The molecule has 0 amide bonds. The van der Waals surface area contributed by atoms with Crippen LogP contribution in [0.15, 0.2) is 45.6 Å². The Hall–Kier alpha value is -3.40. The molecule has 0 fully saturated rings. The molecule has 0 aliphatic heterocycles. The zero-order valence-electron chi connectivity index (χ0n) is 16.4. The molecule has 0 spiro atoms. The lowest BCUT2D eigenvalue weighted by molar-refractivity contribution is -0.387. The summed E-state index contributed by atoms with van der Waals surface area (Å²) in [5, 5.41) is 21.8. The predicted octanol–water partition coefficient (Wildman–Crippen LogP) is 0.610. The van der Waals surface area contributed by atoms with Gasteiger partial charge in [-0.1, -0.05) is 12.1 Å². The minimum Gasteiger partial charge on any atom is -0.370 e. The van der Waals surface area contributed by atoms with Crippen molar-refractivity contribution in [3.8, 4) is 0 Å². The van der Waals surface area contributed by atoms with Crippen LogP contribution in [-0.2, 0) is 14.8 Å². The van der Waals surface area contributed by atoms with E-state index in [1.807, 2.05) is 0 Å². The quantitative estimate of drug-likeness (QED) is 0.0537. The van der Waals surface area contributed by atoms with E-state index < -0.39 is 43.1 Å². The number of benzene rings is 1. The van der Waals surface area contributed by atoms with Crippen LogP contribution < -0.4 is 21.7 Å². The number of anilines is 1. The Morgan fingerprint density at radius 2 is 1.94 bits per heavy atom. The highest BCUT2D eigenvalue weighted by Crippen LogP contribution is 2.29. The number of aliphatic imine (C=N–C) groups is 1. The van der Waals surface area contributed by atoms with Crippen molar-refractivity contribution < 1.29 is 28.1 Å². The van der Waals surface area contributed by atoms with Crippen LogP contribution in [0.2, 0.25) is 0 Å².